The maximum atomic E-state index is 14.5. The van der Waals surface area contributed by atoms with Crippen molar-refractivity contribution < 1.29 is 17.9 Å². The summed E-state index contributed by atoms with van der Waals surface area (Å²) in [5, 5.41) is 0.0493. The van der Waals surface area contributed by atoms with Gasteiger partial charge in [-0.2, -0.15) is 4.31 Å². The number of anilines is 1. The molecule has 0 radical (unpaired) electrons. The van der Waals surface area contributed by atoms with E-state index in [4.69, 9.17) is 4.74 Å². The topological polar surface area (TPSA) is 101 Å². The van der Waals surface area contributed by atoms with Gasteiger partial charge in [-0.15, -0.1) is 0 Å². The zero-order chi connectivity index (χ0) is 33.2. The fourth-order valence-electron chi connectivity index (χ4n) is 6.56. The van der Waals surface area contributed by atoms with E-state index in [0.717, 1.165) is 28.1 Å². The van der Waals surface area contributed by atoms with Crippen molar-refractivity contribution in [1.29, 1.82) is 0 Å². The zero-order valence-electron chi connectivity index (χ0n) is 27.6. The number of nitrogens with zero attached hydrogens (tertiary/aromatic N) is 6. The lowest BCUT2D eigenvalue weighted by Crippen LogP contribution is -2.53. The lowest BCUT2D eigenvalue weighted by atomic mass is 9.92. The number of aryl methyl sites for hydroxylation is 1. The Morgan fingerprint density at radius 3 is 2.40 bits per heavy atom. The van der Waals surface area contributed by atoms with Crippen LogP contribution in [-0.2, 0) is 34.8 Å². The summed E-state index contributed by atoms with van der Waals surface area (Å²) < 4.78 is 38.2. The second kappa shape index (κ2) is 13.5. The molecule has 0 aliphatic carbocycles. The number of imidazole rings is 1. The number of hydrogen-bond donors (Lipinski definition) is 0. The number of fused-ring (bicyclic) bond motifs is 1. The molecule has 2 aromatic carbocycles. The Labute approximate surface area is 278 Å². The van der Waals surface area contributed by atoms with Crippen molar-refractivity contribution >= 4 is 21.8 Å². The molecular weight excluding hydrogens is 613 g/mol. The Bertz CT molecular complexity index is 1780. The number of aromatic nitrogens is 3. The fraction of sp³-hybridized carbons (Fsp3) is 0.417. The van der Waals surface area contributed by atoms with Gasteiger partial charge in [0.25, 0.3) is 10.0 Å². The summed E-state index contributed by atoms with van der Waals surface area (Å²) in [5.74, 6) is 0.0785. The van der Waals surface area contributed by atoms with Crippen molar-refractivity contribution in [3.8, 4) is 11.1 Å². The number of likely N-dealkylation sites (tertiary alicyclic amines) is 1. The van der Waals surface area contributed by atoms with E-state index in [1.807, 2.05) is 56.8 Å². The number of hydrogen-bond acceptors (Lipinski definition) is 7. The van der Waals surface area contributed by atoms with Crippen molar-refractivity contribution in [2.75, 3.05) is 31.1 Å². The number of carbonyl (C=O) groups is 1. The molecule has 1 unspecified atom stereocenters. The van der Waals surface area contributed by atoms with Crippen LogP contribution in [0.3, 0.4) is 0 Å². The third kappa shape index (κ3) is 7.52. The van der Waals surface area contributed by atoms with Gasteiger partial charge in [-0.05, 0) is 86.9 Å². The van der Waals surface area contributed by atoms with Crippen LogP contribution in [0, 0.1) is 5.92 Å². The Kier molecular flexibility index (Phi) is 9.39. The highest BCUT2D eigenvalue weighted by atomic mass is 32.2. The van der Waals surface area contributed by atoms with Crippen LogP contribution in [0.25, 0.3) is 11.1 Å². The van der Waals surface area contributed by atoms with Crippen molar-refractivity contribution in [2.24, 2.45) is 13.0 Å². The van der Waals surface area contributed by atoms with E-state index in [1.165, 1.54) is 6.20 Å². The second-order valence-electron chi connectivity index (χ2n) is 13.6. The third-order valence-electron chi connectivity index (χ3n) is 9.01. The molecule has 4 aromatic rings. The molecule has 0 spiro atoms. The van der Waals surface area contributed by atoms with Crippen LogP contribution in [0.2, 0.25) is 0 Å². The molecule has 0 bridgehead atoms. The van der Waals surface area contributed by atoms with Crippen molar-refractivity contribution in [1.82, 2.24) is 23.7 Å². The quantitative estimate of drug-likeness (QED) is 0.238. The number of piperidine rings is 1. The molecule has 10 nitrogen and oxygen atoms in total. The minimum absolute atomic E-state index is 0.0493. The van der Waals surface area contributed by atoms with E-state index in [0.29, 0.717) is 52.0 Å². The smallest absolute Gasteiger partial charge is 0.410 e. The van der Waals surface area contributed by atoms with E-state index < -0.39 is 15.6 Å². The molecule has 1 saturated heterocycles. The lowest BCUT2D eigenvalue weighted by Gasteiger charge is -2.42. The predicted molar refractivity (Wildman–Crippen MR) is 182 cm³/mol. The Hall–Kier alpha value is -4.22. The van der Waals surface area contributed by atoms with Gasteiger partial charge < -0.3 is 19.1 Å². The van der Waals surface area contributed by atoms with Crippen molar-refractivity contribution in [2.45, 2.75) is 63.2 Å². The molecule has 0 N–H and O–H groups in total. The molecule has 47 heavy (non-hydrogen) atoms. The molecule has 11 heteroatoms. The summed E-state index contributed by atoms with van der Waals surface area (Å²) in [6.07, 6.45) is 6.81. The highest BCUT2D eigenvalue weighted by Gasteiger charge is 2.39. The number of pyridine rings is 1. The van der Waals surface area contributed by atoms with Gasteiger partial charge in [0, 0.05) is 57.3 Å². The first-order chi connectivity index (χ1) is 22.5. The first kappa shape index (κ1) is 32.7. The van der Waals surface area contributed by atoms with Gasteiger partial charge in [-0.25, -0.2) is 23.2 Å². The highest BCUT2D eigenvalue weighted by Crippen LogP contribution is 2.36. The molecule has 1 fully saturated rings. The van der Waals surface area contributed by atoms with Crippen LogP contribution in [0.4, 0.5) is 10.5 Å². The van der Waals surface area contributed by atoms with E-state index >= 15 is 0 Å². The van der Waals surface area contributed by atoms with Crippen molar-refractivity contribution in [3.05, 3.63) is 96.7 Å². The summed E-state index contributed by atoms with van der Waals surface area (Å²) >= 11 is 0. The first-order valence-electron chi connectivity index (χ1n) is 16.3. The van der Waals surface area contributed by atoms with Gasteiger partial charge in [0.2, 0.25) is 0 Å². The molecular formula is C36H44N6O4S. The number of rotatable bonds is 8. The van der Waals surface area contributed by atoms with E-state index in [9.17, 15) is 13.2 Å². The van der Waals surface area contributed by atoms with Gasteiger partial charge in [-0.3, -0.25) is 0 Å². The van der Waals surface area contributed by atoms with Gasteiger partial charge in [-0.1, -0.05) is 42.5 Å². The molecule has 248 valence electrons. The lowest BCUT2D eigenvalue weighted by molar-refractivity contribution is 0.0174. The maximum Gasteiger partial charge on any atom is 0.410 e. The first-order valence-corrected chi connectivity index (χ1v) is 17.7. The number of carbonyl (C=O) groups excluding carboxylic acids is 1. The summed E-state index contributed by atoms with van der Waals surface area (Å²) in [7, 11) is -1.96. The van der Waals surface area contributed by atoms with Gasteiger partial charge in [0.05, 0.1) is 18.6 Å². The molecule has 1 amide bonds. The van der Waals surface area contributed by atoms with Gasteiger partial charge in [0.15, 0.2) is 5.03 Å². The van der Waals surface area contributed by atoms with Crippen LogP contribution in [0.1, 0.15) is 44.9 Å². The normalized spacial score (nSPS) is 17.5. The molecule has 0 saturated carbocycles. The van der Waals surface area contributed by atoms with E-state index in [1.54, 1.807) is 33.7 Å². The second-order valence-corrected chi connectivity index (χ2v) is 15.4. The number of ether oxygens (including phenoxy) is 1. The number of amides is 1. The maximum absolute atomic E-state index is 14.5. The van der Waals surface area contributed by atoms with Gasteiger partial charge in [0.1, 0.15) is 5.60 Å². The molecule has 2 aliphatic heterocycles. The molecule has 2 aromatic heterocycles. The molecule has 6 rings (SSSR count). The number of sulfonamides is 1. The SMILES string of the molecule is Cn1cncc1CN1CC(N(CC2CCN(C(=O)OC(C)(C)C)CC2)S(=O)(=O)c2ccccn2)Cc2cc(-c3ccccc3)ccc21. The average Bonchev–Trinajstić information content (AvgIpc) is 3.47. The zero-order valence-corrected chi connectivity index (χ0v) is 28.4. The largest absolute Gasteiger partial charge is 0.444 e. The fourth-order valence-corrected chi connectivity index (χ4v) is 8.18. The van der Waals surface area contributed by atoms with Crippen molar-refractivity contribution in [3.63, 3.8) is 0 Å². The van der Waals surface area contributed by atoms with Crippen LogP contribution < -0.4 is 4.90 Å². The molecule has 1 atom stereocenters. The van der Waals surface area contributed by atoms with Crippen LogP contribution in [0.15, 0.2) is 90.5 Å². The Morgan fingerprint density at radius 2 is 1.74 bits per heavy atom. The summed E-state index contributed by atoms with van der Waals surface area (Å²) in [4.78, 5) is 25.4. The van der Waals surface area contributed by atoms with E-state index in [-0.39, 0.29) is 23.1 Å². The monoisotopic (exact) mass is 656 g/mol. The van der Waals surface area contributed by atoms with Gasteiger partial charge >= 0.3 is 6.09 Å². The van der Waals surface area contributed by atoms with Crippen LogP contribution in [-0.4, -0.2) is 76.1 Å². The minimum Gasteiger partial charge on any atom is -0.444 e. The summed E-state index contributed by atoms with van der Waals surface area (Å²) in [6, 6.07) is 21.4. The molecule has 4 heterocycles. The predicted octanol–water partition coefficient (Wildman–Crippen LogP) is 5.75. The summed E-state index contributed by atoms with van der Waals surface area (Å²) in [5.41, 5.74) is 4.89. The van der Waals surface area contributed by atoms with E-state index in [2.05, 4.69) is 45.2 Å². The minimum atomic E-state index is -3.94. The number of benzene rings is 2. The van der Waals surface area contributed by atoms with Crippen LogP contribution in [0.5, 0.6) is 0 Å². The Balaban J connectivity index is 1.32. The average molecular weight is 657 g/mol. The molecule has 2 aliphatic rings. The highest BCUT2D eigenvalue weighted by molar-refractivity contribution is 7.89. The van der Waals surface area contributed by atoms with Crippen LogP contribution >= 0.6 is 0 Å². The standard InChI is InChI=1S/C36H44N6O4S/c1-36(2,3)46-35(43)40-18-15-27(16-19-40)23-42(47(44,45)34-12-8-9-17-38-34)31-21-30-20-29(28-10-6-5-7-11-28)13-14-33(30)41(24-31)25-32-22-37-26-39(32)4/h5-14,17,20,22,26-27,31H,15-16,18-19,21,23-25H2,1-4H3. The third-order valence-corrected chi connectivity index (χ3v) is 10.8. The Morgan fingerprint density at radius 1 is 1.00 bits per heavy atom. The summed E-state index contributed by atoms with van der Waals surface area (Å²) in [6.45, 7) is 8.10.